The van der Waals surface area contributed by atoms with Crippen molar-refractivity contribution in [1.29, 1.82) is 0 Å². The van der Waals surface area contributed by atoms with Crippen LogP contribution in [0.3, 0.4) is 0 Å². The van der Waals surface area contributed by atoms with Crippen LogP contribution in [0.25, 0.3) is 5.73 Å². The molecule has 0 atom stereocenters. The van der Waals surface area contributed by atoms with Crippen molar-refractivity contribution in [1.82, 2.24) is 6.15 Å². The Morgan fingerprint density at radius 2 is 0.292 bits per heavy atom. The van der Waals surface area contributed by atoms with E-state index in [0.717, 1.165) is 83.1 Å². The van der Waals surface area contributed by atoms with E-state index in [1.54, 1.807) is 0 Å². The van der Waals surface area contributed by atoms with Crippen molar-refractivity contribution in [2.75, 3.05) is 39.3 Å². The maximum Gasteiger partial charge on any atom is 3.00 e. The number of quaternary nitrogens is 1. The van der Waals surface area contributed by atoms with Crippen molar-refractivity contribution in [2.45, 2.75) is 83.1 Å². The second kappa shape index (κ2) is 145. The number of carboxylic acids is 12. The molecule has 0 rings (SSSR count). The maximum absolute atomic E-state index is 8.89. The maximum atomic E-state index is 8.89. The van der Waals surface area contributed by atoms with E-state index >= 15 is 0 Å². The molecule has 0 spiro atoms. The van der Waals surface area contributed by atoms with Crippen LogP contribution in [0.1, 0.15) is 83.1 Å². The summed E-state index contributed by atoms with van der Waals surface area (Å²) in [6, 6.07) is 0. The quantitative estimate of drug-likeness (QED) is 0.143. The number of aliphatic carboxylic acids is 12. The summed E-state index contributed by atoms with van der Waals surface area (Å²) in [5.41, 5.74) is 30.8. The molecule has 0 unspecified atom stereocenters. The molecular weight excluding hydrogens is 1070 g/mol. The summed E-state index contributed by atoms with van der Waals surface area (Å²) in [4.78, 5) is 107. The number of carbonyl (C=O) groups excluding carboxylic acids is 12. The van der Waals surface area contributed by atoms with E-state index in [1.165, 1.54) is 0 Å². The van der Waals surface area contributed by atoms with Gasteiger partial charge in [-0.2, -0.15) is 0 Å². The molecule has 0 saturated carbocycles. The van der Waals surface area contributed by atoms with E-state index < -0.39 is 71.6 Å². The van der Waals surface area contributed by atoms with Crippen LogP contribution < -0.4 is 96.1 Å². The zero-order valence-corrected chi connectivity index (χ0v) is 42.3. The van der Waals surface area contributed by atoms with Gasteiger partial charge in [-0.05, 0) is 89.6 Å². The molecule has 0 heterocycles. The van der Waals surface area contributed by atoms with Crippen LogP contribution in [0.5, 0.6) is 0 Å². The Hall–Kier alpha value is -4.56. The van der Waals surface area contributed by atoms with Crippen molar-refractivity contribution in [3.8, 4) is 0 Å². The largest absolute Gasteiger partial charge is 3.00 e. The third kappa shape index (κ3) is 80400. The molecule has 0 saturated heterocycles. The van der Waals surface area contributed by atoms with Crippen molar-refractivity contribution in [2.24, 2.45) is 28.7 Å². The summed E-state index contributed by atoms with van der Waals surface area (Å²) in [7, 11) is 0. The molecule has 0 bridgehead atoms. The Labute approximate surface area is 419 Å². The molecule has 0 aliphatic rings. The van der Waals surface area contributed by atoms with Gasteiger partial charge in [0.15, 0.2) is 0 Å². The first kappa shape index (κ1) is 131. The van der Waals surface area contributed by atoms with Crippen LogP contribution in [0.4, 0.5) is 0 Å². The number of carboxylic acid groups (broad SMARTS) is 12. The summed E-state index contributed by atoms with van der Waals surface area (Å²) in [6.07, 6.45) is 0. The number of carbonyl (C=O) groups is 12. The summed E-state index contributed by atoms with van der Waals surface area (Å²) in [6.45, 7) is 14.9. The molecule has 15 N–H and O–H groups in total. The van der Waals surface area contributed by atoms with E-state index in [4.69, 9.17) is 153 Å². The first-order valence-electron chi connectivity index (χ1n) is 14.8. The fourth-order valence-electron chi connectivity index (χ4n) is 0. The summed E-state index contributed by atoms with van der Waals surface area (Å²) in [5, 5.41) is 107. The summed E-state index contributed by atoms with van der Waals surface area (Å²) < 4.78 is 0. The van der Waals surface area contributed by atoms with Crippen LogP contribution in [-0.2, 0) is 126 Å². The first-order chi connectivity index (χ1) is 26.5. The summed E-state index contributed by atoms with van der Waals surface area (Å²) >= 11 is 0. The number of nitrogens with one attached hydrogen (secondary N) is 1. The van der Waals surface area contributed by atoms with E-state index in [2.05, 4.69) is 0 Å². The number of hydrogen-bond donors (Lipinski definition) is 6. The minimum Gasteiger partial charge on any atom is -0.676 e. The average Bonchev–Trinajstić information content (AvgIpc) is 2.94. The van der Waals surface area contributed by atoms with Crippen LogP contribution in [0, 0.1) is 0 Å². The standard InChI is InChI=1S/2C2H8N2.C2H7N2.12C2H4O2.4Fe.H3N/c3*3-1-2-4;12*1-2(3)4;;;;;/h2*1-4H2;3H,1-2,4H2;12*1H3,(H,3,4);;;;;1H3/q;;-1;;;;;;;;;;;;;4*+3;/p-11. The van der Waals surface area contributed by atoms with Gasteiger partial charge in [0, 0.05) is 97.8 Å². The number of hydrogen-bond acceptors (Lipinski definition) is 29. The Bertz CT molecular complexity index is 717. The predicted octanol–water partition coefficient (Wildman–Crippen LogP) is -16.8. The molecule has 0 fully saturated rings. The van der Waals surface area contributed by atoms with Gasteiger partial charge in [0.25, 0.3) is 0 Å². The molecule has 0 aliphatic heterocycles. The van der Waals surface area contributed by atoms with Gasteiger partial charge in [-0.25, -0.2) is 0 Å². The van der Waals surface area contributed by atoms with Crippen LogP contribution >= 0.6 is 0 Å². The fourth-order valence-corrected chi connectivity index (χ4v) is 0. The van der Waals surface area contributed by atoms with Gasteiger partial charge in [-0.1, -0.05) is 0 Å². The van der Waals surface area contributed by atoms with Gasteiger partial charge < -0.3 is 159 Å². The molecule has 0 amide bonds. The van der Waals surface area contributed by atoms with Crippen molar-refractivity contribution in [3.63, 3.8) is 0 Å². The predicted molar refractivity (Wildman–Crippen MR) is 189 cm³/mol. The Kier molecular flexibility index (Phi) is 291. The second-order valence-corrected chi connectivity index (χ2v) is 7.59. The molecule has 35 heteroatoms. The van der Waals surface area contributed by atoms with Gasteiger partial charge in [-0.15, -0.1) is 6.54 Å². The SMILES string of the molecule is CC(=O)[O-].CC(=O)[O-].CC(=O)[O-].CC(=O)[O-].CC(=O)[O-].CC(=O)[O-].CC(=O)[O-].CC(=O)[O-].CC(=O)[O-].CC(=O)[O-].CC(=O)[O-].CC(=O)[O-].NCCN.NCCN.[Fe+3].[Fe+3].[Fe+3].[Fe+3].[NH-]CCN.[NH4+]. The van der Waals surface area contributed by atoms with Crippen molar-refractivity contribution < 1.29 is 187 Å². The monoisotopic (exact) mass is 1130 g/mol. The van der Waals surface area contributed by atoms with E-state index in [1.807, 2.05) is 0 Å². The van der Waals surface area contributed by atoms with Crippen LogP contribution in [-0.4, -0.2) is 111 Å². The third-order valence-corrected chi connectivity index (χ3v) is 0.478. The molecular formula is C30H63Fe4N7O24. The molecule has 31 nitrogen and oxygen atoms in total. The minimum absolute atomic E-state index is 0. The zero-order chi connectivity index (χ0) is 53.2. The van der Waals surface area contributed by atoms with E-state index in [0.29, 0.717) is 39.3 Å². The topological polar surface area (TPSA) is 672 Å². The van der Waals surface area contributed by atoms with Gasteiger partial charge >= 0.3 is 68.3 Å². The Morgan fingerprint density at radius 1 is 0.262 bits per heavy atom. The van der Waals surface area contributed by atoms with Crippen molar-refractivity contribution >= 4 is 71.6 Å². The smallest absolute Gasteiger partial charge is 0.676 e. The number of nitrogens with two attached hydrogens (primary N) is 5. The van der Waals surface area contributed by atoms with E-state index in [9.17, 15) is 0 Å². The third-order valence-electron chi connectivity index (χ3n) is 0.478. The molecule has 0 aromatic rings. The van der Waals surface area contributed by atoms with Gasteiger partial charge in [-0.3, -0.25) is 0 Å². The van der Waals surface area contributed by atoms with Crippen molar-refractivity contribution in [3.05, 3.63) is 5.73 Å². The molecule has 65 heavy (non-hydrogen) atoms. The minimum atomic E-state index is -1.08. The van der Waals surface area contributed by atoms with Crippen LogP contribution in [0.15, 0.2) is 0 Å². The average molecular weight is 1130 g/mol. The summed E-state index contributed by atoms with van der Waals surface area (Å²) in [5.74, 6) is -13.0. The first-order valence-corrected chi connectivity index (χ1v) is 14.8. The fraction of sp³-hybridized carbons (Fsp3) is 0.600. The Morgan fingerprint density at radius 3 is 0.292 bits per heavy atom. The van der Waals surface area contributed by atoms with E-state index in [-0.39, 0.29) is 74.4 Å². The molecule has 0 aliphatic carbocycles. The van der Waals surface area contributed by atoms with Gasteiger partial charge in [0.2, 0.25) is 0 Å². The zero-order valence-electron chi connectivity index (χ0n) is 37.8. The number of rotatable bonds is 3. The van der Waals surface area contributed by atoms with Crippen LogP contribution in [0.2, 0.25) is 0 Å². The normalized spacial score (nSPS) is 6.00. The van der Waals surface area contributed by atoms with Gasteiger partial charge in [0.05, 0.1) is 0 Å². The molecule has 4 radical (unpaired) electrons. The molecule has 0 aromatic carbocycles. The molecule has 394 valence electrons. The molecule has 0 aromatic heterocycles. The second-order valence-electron chi connectivity index (χ2n) is 7.59. The van der Waals surface area contributed by atoms with Gasteiger partial charge in [0.1, 0.15) is 0 Å². The Balaban J connectivity index is -0.0000000184.